The number of anilines is 2. The lowest BCUT2D eigenvalue weighted by molar-refractivity contribution is 0.0697. The Hall–Kier alpha value is -1.80. The van der Waals surface area contributed by atoms with Crippen LogP contribution < -0.4 is 5.32 Å². The van der Waals surface area contributed by atoms with Crippen LogP contribution in [0.15, 0.2) is 40.8 Å². The average Bonchev–Trinajstić information content (AvgIpc) is 2.83. The fourth-order valence-corrected chi connectivity index (χ4v) is 2.72. The van der Waals surface area contributed by atoms with Gasteiger partial charge in [0.05, 0.1) is 16.3 Å². The zero-order valence-electron chi connectivity index (χ0n) is 10.4. The molecule has 21 heavy (non-hydrogen) atoms. The van der Waals surface area contributed by atoms with Crippen molar-refractivity contribution in [2.45, 2.75) is 0 Å². The Labute approximate surface area is 138 Å². The fraction of sp³-hybridized carbons (Fsp3) is 0. The van der Waals surface area contributed by atoms with Gasteiger partial charge in [0.1, 0.15) is 5.52 Å². The van der Waals surface area contributed by atoms with Crippen LogP contribution in [0.1, 0.15) is 10.4 Å². The molecule has 7 heteroatoms. The third-order valence-electron chi connectivity index (χ3n) is 2.81. The maximum absolute atomic E-state index is 10.9. The molecule has 2 aromatic carbocycles. The molecule has 1 heterocycles. The summed E-state index contributed by atoms with van der Waals surface area (Å²) in [6, 6.07) is 10.3. The molecule has 0 radical (unpaired) electrons. The molecule has 0 bridgehead atoms. The number of rotatable bonds is 3. The Morgan fingerprint density at radius 2 is 2.10 bits per heavy atom. The van der Waals surface area contributed by atoms with E-state index >= 15 is 0 Å². The first-order chi connectivity index (χ1) is 10.0. The minimum absolute atomic E-state index is 0.150. The lowest BCUT2D eigenvalue weighted by atomic mass is 10.2. The van der Waals surface area contributed by atoms with Crippen LogP contribution in [0.5, 0.6) is 0 Å². The number of halogens is 2. The molecule has 0 saturated heterocycles. The minimum atomic E-state index is -1.01. The highest BCUT2D eigenvalue weighted by atomic mass is 127. The SMILES string of the molecule is O=C(O)c1ccc2nc(Nc3ccc(I)cc3Cl)oc2c1. The molecular weight excluding hydrogens is 407 g/mol. The van der Waals surface area contributed by atoms with Crippen molar-refractivity contribution in [2.75, 3.05) is 5.32 Å². The third-order valence-corrected chi connectivity index (χ3v) is 3.79. The maximum atomic E-state index is 10.9. The van der Waals surface area contributed by atoms with Crippen molar-refractivity contribution in [1.82, 2.24) is 4.98 Å². The van der Waals surface area contributed by atoms with Gasteiger partial charge in [-0.1, -0.05) is 11.6 Å². The van der Waals surface area contributed by atoms with Crippen molar-refractivity contribution < 1.29 is 14.3 Å². The van der Waals surface area contributed by atoms with E-state index in [1.165, 1.54) is 12.1 Å². The molecule has 0 saturated carbocycles. The molecular formula is C14H8ClIN2O3. The Balaban J connectivity index is 1.95. The van der Waals surface area contributed by atoms with E-state index in [4.69, 9.17) is 21.1 Å². The van der Waals surface area contributed by atoms with E-state index in [-0.39, 0.29) is 11.6 Å². The number of benzene rings is 2. The number of nitrogens with one attached hydrogen (secondary N) is 1. The molecule has 2 N–H and O–H groups in total. The van der Waals surface area contributed by atoms with Gasteiger partial charge in [0, 0.05) is 3.57 Å². The molecule has 106 valence electrons. The second-order valence-corrected chi connectivity index (χ2v) is 5.91. The van der Waals surface area contributed by atoms with Crippen LogP contribution in [0.4, 0.5) is 11.7 Å². The van der Waals surface area contributed by atoms with Crippen molar-refractivity contribution >= 4 is 63.0 Å². The van der Waals surface area contributed by atoms with Crippen LogP contribution in [0.2, 0.25) is 5.02 Å². The number of oxazole rings is 1. The van der Waals surface area contributed by atoms with Crippen LogP contribution in [-0.4, -0.2) is 16.1 Å². The van der Waals surface area contributed by atoms with Gasteiger partial charge in [-0.15, -0.1) is 0 Å². The first kappa shape index (κ1) is 14.2. The van der Waals surface area contributed by atoms with Crippen molar-refractivity contribution in [2.24, 2.45) is 0 Å². The summed E-state index contributed by atoms with van der Waals surface area (Å²) in [5, 5.41) is 12.5. The standard InChI is InChI=1S/C14H8ClIN2O3/c15-9-6-8(16)2-4-10(9)17-14-18-11-3-1-7(13(19)20)5-12(11)21-14/h1-6H,(H,17,18)(H,19,20). The Bertz CT molecular complexity index is 847. The smallest absolute Gasteiger partial charge is 0.335 e. The molecule has 0 atom stereocenters. The Morgan fingerprint density at radius 3 is 2.81 bits per heavy atom. The molecule has 3 aromatic rings. The number of aromatic carboxylic acids is 1. The summed E-state index contributed by atoms with van der Waals surface area (Å²) in [4.78, 5) is 15.2. The summed E-state index contributed by atoms with van der Waals surface area (Å²) in [5.74, 6) is -1.01. The molecule has 0 aliphatic heterocycles. The zero-order valence-corrected chi connectivity index (χ0v) is 13.3. The molecule has 3 rings (SSSR count). The second kappa shape index (κ2) is 5.53. The molecule has 5 nitrogen and oxygen atoms in total. The van der Waals surface area contributed by atoms with Gasteiger partial charge in [0.15, 0.2) is 5.58 Å². The average molecular weight is 415 g/mol. The molecule has 0 aliphatic rings. The number of nitrogens with zero attached hydrogens (tertiary/aromatic N) is 1. The summed E-state index contributed by atoms with van der Waals surface area (Å²) < 4.78 is 6.52. The number of aromatic nitrogens is 1. The van der Waals surface area contributed by atoms with Crippen molar-refractivity contribution in [3.8, 4) is 0 Å². The highest BCUT2D eigenvalue weighted by Crippen LogP contribution is 2.28. The number of carboxylic acid groups (broad SMARTS) is 1. The maximum Gasteiger partial charge on any atom is 0.335 e. The number of hydrogen-bond acceptors (Lipinski definition) is 4. The van der Waals surface area contributed by atoms with Gasteiger partial charge in [0.2, 0.25) is 0 Å². The molecule has 0 amide bonds. The summed E-state index contributed by atoms with van der Waals surface area (Å²) in [6.45, 7) is 0. The van der Waals surface area contributed by atoms with Crippen LogP contribution in [0, 0.1) is 3.57 Å². The van der Waals surface area contributed by atoms with E-state index in [2.05, 4.69) is 32.9 Å². The van der Waals surface area contributed by atoms with Gasteiger partial charge in [0.25, 0.3) is 6.01 Å². The number of carboxylic acids is 1. The number of carbonyl (C=O) groups is 1. The summed E-state index contributed by atoms with van der Waals surface area (Å²) in [7, 11) is 0. The minimum Gasteiger partial charge on any atom is -0.478 e. The van der Waals surface area contributed by atoms with E-state index in [0.29, 0.717) is 21.8 Å². The van der Waals surface area contributed by atoms with Gasteiger partial charge < -0.3 is 14.8 Å². The lowest BCUT2D eigenvalue weighted by Gasteiger charge is -2.04. The quantitative estimate of drug-likeness (QED) is 0.616. The van der Waals surface area contributed by atoms with E-state index in [9.17, 15) is 4.79 Å². The molecule has 0 unspecified atom stereocenters. The van der Waals surface area contributed by atoms with Crippen LogP contribution in [-0.2, 0) is 0 Å². The van der Waals surface area contributed by atoms with E-state index in [0.717, 1.165) is 3.57 Å². The van der Waals surface area contributed by atoms with Crippen molar-refractivity contribution in [3.05, 3.63) is 50.6 Å². The highest BCUT2D eigenvalue weighted by molar-refractivity contribution is 14.1. The topological polar surface area (TPSA) is 75.4 Å². The van der Waals surface area contributed by atoms with E-state index < -0.39 is 5.97 Å². The predicted molar refractivity (Wildman–Crippen MR) is 88.4 cm³/mol. The third kappa shape index (κ3) is 2.96. The van der Waals surface area contributed by atoms with Gasteiger partial charge in [-0.2, -0.15) is 4.98 Å². The van der Waals surface area contributed by atoms with Crippen molar-refractivity contribution in [3.63, 3.8) is 0 Å². The fourth-order valence-electron chi connectivity index (χ4n) is 1.82. The molecule has 0 spiro atoms. The molecule has 0 fully saturated rings. The monoisotopic (exact) mass is 414 g/mol. The van der Waals surface area contributed by atoms with Gasteiger partial charge in [-0.3, -0.25) is 0 Å². The molecule has 1 aromatic heterocycles. The first-order valence-corrected chi connectivity index (χ1v) is 7.34. The van der Waals surface area contributed by atoms with Gasteiger partial charge >= 0.3 is 5.97 Å². The largest absolute Gasteiger partial charge is 0.478 e. The Kier molecular flexibility index (Phi) is 3.73. The van der Waals surface area contributed by atoms with Crippen LogP contribution >= 0.6 is 34.2 Å². The summed E-state index contributed by atoms with van der Waals surface area (Å²) in [6.07, 6.45) is 0. The summed E-state index contributed by atoms with van der Waals surface area (Å²) >= 11 is 8.30. The number of hydrogen-bond donors (Lipinski definition) is 2. The first-order valence-electron chi connectivity index (χ1n) is 5.89. The normalized spacial score (nSPS) is 10.8. The Morgan fingerprint density at radius 1 is 1.29 bits per heavy atom. The second-order valence-electron chi connectivity index (χ2n) is 4.26. The van der Waals surface area contributed by atoms with Gasteiger partial charge in [-0.05, 0) is 59.0 Å². The number of fused-ring (bicyclic) bond motifs is 1. The predicted octanol–water partition coefficient (Wildman–Crippen LogP) is 4.53. The van der Waals surface area contributed by atoms with Crippen molar-refractivity contribution in [1.29, 1.82) is 0 Å². The highest BCUT2D eigenvalue weighted by Gasteiger charge is 2.11. The van der Waals surface area contributed by atoms with E-state index in [1.807, 2.05) is 18.2 Å². The lowest BCUT2D eigenvalue weighted by Crippen LogP contribution is -1.94. The van der Waals surface area contributed by atoms with Crippen LogP contribution in [0.3, 0.4) is 0 Å². The zero-order chi connectivity index (χ0) is 15.0. The van der Waals surface area contributed by atoms with Gasteiger partial charge in [-0.25, -0.2) is 4.79 Å². The van der Waals surface area contributed by atoms with E-state index in [1.54, 1.807) is 6.07 Å². The summed E-state index contributed by atoms with van der Waals surface area (Å²) in [5.41, 5.74) is 1.79. The molecule has 0 aliphatic carbocycles. The van der Waals surface area contributed by atoms with Crippen LogP contribution in [0.25, 0.3) is 11.1 Å².